The molecule has 3 aromatic rings. The third-order valence-corrected chi connectivity index (χ3v) is 11.0. The molecule has 5 heterocycles. The molecule has 272 valence electrons. The van der Waals surface area contributed by atoms with E-state index in [1.165, 1.54) is 25.7 Å². The Hall–Kier alpha value is -3.90. The van der Waals surface area contributed by atoms with Crippen molar-refractivity contribution in [2.24, 2.45) is 11.8 Å². The van der Waals surface area contributed by atoms with E-state index in [-0.39, 0.29) is 43.3 Å². The molecule has 5 atom stereocenters. The maximum Gasteiger partial charge on any atom is 0.412 e. The minimum atomic E-state index is -0.888. The first-order chi connectivity index (χ1) is 24.9. The van der Waals surface area contributed by atoms with Gasteiger partial charge >= 0.3 is 6.09 Å². The van der Waals surface area contributed by atoms with E-state index in [2.05, 4.69) is 34.1 Å². The van der Waals surface area contributed by atoms with Gasteiger partial charge in [0.1, 0.15) is 24.2 Å². The van der Waals surface area contributed by atoms with Crippen molar-refractivity contribution >= 4 is 6.09 Å². The zero-order chi connectivity index (χ0) is 34.8. The normalized spacial score (nSPS) is 26.6. The SMILES string of the molecule is CC1(C)OC(CN(Cc2ccc3c(c2)OCO3)CC2CCCC2)C(Cc2ccc(OCc3ccccn3)cc2)N1C(=O)OC1COC2OCCC12. The molecule has 2 aromatic carbocycles. The standard InChI is InChI=1S/C40H49N3O8/c1-40(2)43(39(44)50-37-25-47-38-32(37)16-18-45-38)33(19-27-10-13-31(14-11-27)46-24-30-9-5-6-17-41-30)36(51-40)23-42(21-28-7-3-4-8-28)22-29-12-15-34-35(20-29)49-26-48-34/h5-6,9-15,17,20,28,32-33,36-38H,3-4,7-8,16,18-19,21-26H2,1-2H3. The summed E-state index contributed by atoms with van der Waals surface area (Å²) in [6.45, 7) is 7.93. The van der Waals surface area contributed by atoms with E-state index >= 15 is 0 Å². The average molecular weight is 700 g/mol. The maximum atomic E-state index is 14.3. The van der Waals surface area contributed by atoms with Gasteiger partial charge in [0.15, 0.2) is 17.8 Å². The maximum absolute atomic E-state index is 14.3. The minimum Gasteiger partial charge on any atom is -0.487 e. The molecule has 0 N–H and O–H groups in total. The van der Waals surface area contributed by atoms with Crippen molar-refractivity contribution in [3.63, 3.8) is 0 Å². The Morgan fingerprint density at radius 1 is 0.961 bits per heavy atom. The molecule has 11 heteroatoms. The van der Waals surface area contributed by atoms with Crippen LogP contribution in [0.1, 0.15) is 62.8 Å². The lowest BCUT2D eigenvalue weighted by molar-refractivity contribution is -0.0912. The molecule has 1 amide bonds. The van der Waals surface area contributed by atoms with Crippen LogP contribution in [-0.2, 0) is 38.5 Å². The van der Waals surface area contributed by atoms with Gasteiger partial charge in [0.25, 0.3) is 0 Å². The topological polar surface area (TPSA) is 101 Å². The predicted molar refractivity (Wildman–Crippen MR) is 187 cm³/mol. The smallest absolute Gasteiger partial charge is 0.412 e. The van der Waals surface area contributed by atoms with Gasteiger partial charge in [-0.15, -0.1) is 0 Å². The molecule has 11 nitrogen and oxygen atoms in total. The Bertz CT molecular complexity index is 1630. The van der Waals surface area contributed by atoms with Crippen LogP contribution in [0.15, 0.2) is 66.9 Å². The van der Waals surface area contributed by atoms with Crippen LogP contribution < -0.4 is 14.2 Å². The highest BCUT2D eigenvalue weighted by Gasteiger charge is 2.53. The van der Waals surface area contributed by atoms with Crippen LogP contribution in [0, 0.1) is 11.8 Å². The first kappa shape index (κ1) is 34.2. The molecule has 51 heavy (non-hydrogen) atoms. The van der Waals surface area contributed by atoms with Crippen LogP contribution in [0.4, 0.5) is 4.79 Å². The number of rotatable bonds is 12. The first-order valence-corrected chi connectivity index (χ1v) is 18.5. The number of carbonyl (C=O) groups is 1. The van der Waals surface area contributed by atoms with E-state index in [0.29, 0.717) is 38.7 Å². The van der Waals surface area contributed by atoms with Crippen molar-refractivity contribution in [2.75, 3.05) is 33.1 Å². The highest BCUT2D eigenvalue weighted by atomic mass is 16.7. The lowest BCUT2D eigenvalue weighted by atomic mass is 9.98. The third kappa shape index (κ3) is 7.82. The molecule has 1 aromatic heterocycles. The monoisotopic (exact) mass is 699 g/mol. The number of ether oxygens (including phenoxy) is 7. The lowest BCUT2D eigenvalue weighted by Crippen LogP contribution is -2.51. The van der Waals surface area contributed by atoms with Crippen LogP contribution in [0.25, 0.3) is 0 Å². The molecule has 1 saturated carbocycles. The van der Waals surface area contributed by atoms with Gasteiger partial charge in [-0.25, -0.2) is 4.79 Å². The quantitative estimate of drug-likeness (QED) is 0.213. The fourth-order valence-corrected chi connectivity index (χ4v) is 8.46. The van der Waals surface area contributed by atoms with Crippen molar-refractivity contribution in [1.82, 2.24) is 14.8 Å². The van der Waals surface area contributed by atoms with Gasteiger partial charge in [-0.3, -0.25) is 14.8 Å². The molecule has 0 bridgehead atoms. The van der Waals surface area contributed by atoms with Crippen molar-refractivity contribution in [3.05, 3.63) is 83.7 Å². The van der Waals surface area contributed by atoms with Crippen LogP contribution in [-0.4, -0.2) is 84.2 Å². The van der Waals surface area contributed by atoms with Crippen LogP contribution in [0.2, 0.25) is 0 Å². The molecule has 5 unspecified atom stereocenters. The number of pyridine rings is 1. The highest BCUT2D eigenvalue weighted by Crippen LogP contribution is 2.39. The fraction of sp³-hybridized carbons (Fsp3) is 0.550. The van der Waals surface area contributed by atoms with Gasteiger partial charge in [-0.2, -0.15) is 0 Å². The number of aromatic nitrogens is 1. The average Bonchev–Trinajstić information content (AvgIpc) is 3.97. The van der Waals surface area contributed by atoms with E-state index in [0.717, 1.165) is 53.6 Å². The van der Waals surface area contributed by atoms with E-state index in [1.54, 1.807) is 6.20 Å². The summed E-state index contributed by atoms with van der Waals surface area (Å²) in [7, 11) is 0. The summed E-state index contributed by atoms with van der Waals surface area (Å²) in [5, 5.41) is 0. The number of nitrogens with zero attached hydrogens (tertiary/aromatic N) is 3. The summed E-state index contributed by atoms with van der Waals surface area (Å²) in [5.41, 5.74) is 2.23. The van der Waals surface area contributed by atoms with Crippen molar-refractivity contribution in [3.8, 4) is 17.2 Å². The summed E-state index contributed by atoms with van der Waals surface area (Å²) >= 11 is 0. The Kier molecular flexibility index (Phi) is 10.0. The number of benzene rings is 2. The molecule has 3 saturated heterocycles. The molecule has 0 spiro atoms. The minimum absolute atomic E-state index is 0.0528. The number of fused-ring (bicyclic) bond motifs is 2. The summed E-state index contributed by atoms with van der Waals surface area (Å²) in [4.78, 5) is 23.0. The van der Waals surface area contributed by atoms with Crippen molar-refractivity contribution < 1.29 is 38.0 Å². The molecule has 0 radical (unpaired) electrons. The van der Waals surface area contributed by atoms with Crippen molar-refractivity contribution in [2.45, 2.75) is 95.8 Å². The second-order valence-electron chi connectivity index (χ2n) is 15.0. The van der Waals surface area contributed by atoms with E-state index in [9.17, 15) is 4.79 Å². The van der Waals surface area contributed by atoms with Crippen LogP contribution in [0.3, 0.4) is 0 Å². The van der Waals surface area contributed by atoms with Crippen molar-refractivity contribution in [1.29, 1.82) is 0 Å². The molecular formula is C40H49N3O8. The van der Waals surface area contributed by atoms with Gasteiger partial charge in [0.2, 0.25) is 6.79 Å². The number of hydrogen-bond acceptors (Lipinski definition) is 10. The zero-order valence-corrected chi connectivity index (χ0v) is 29.6. The second-order valence-corrected chi connectivity index (χ2v) is 15.0. The zero-order valence-electron chi connectivity index (χ0n) is 29.6. The fourth-order valence-electron chi connectivity index (χ4n) is 8.46. The Balaban J connectivity index is 1.03. The predicted octanol–water partition coefficient (Wildman–Crippen LogP) is 6.33. The lowest BCUT2D eigenvalue weighted by Gasteiger charge is -2.34. The summed E-state index contributed by atoms with van der Waals surface area (Å²) in [5.74, 6) is 3.03. The van der Waals surface area contributed by atoms with Gasteiger partial charge in [-0.1, -0.05) is 37.1 Å². The Labute approximate surface area is 300 Å². The second kappa shape index (κ2) is 15.0. The van der Waals surface area contributed by atoms with E-state index in [1.807, 2.05) is 55.1 Å². The summed E-state index contributed by atoms with van der Waals surface area (Å²) < 4.78 is 42.0. The molecule has 8 rings (SSSR count). The Morgan fingerprint density at radius 2 is 1.78 bits per heavy atom. The molecule has 1 aliphatic carbocycles. The summed E-state index contributed by atoms with van der Waals surface area (Å²) in [6.07, 6.45) is 6.93. The molecule has 4 aliphatic heterocycles. The van der Waals surface area contributed by atoms with Gasteiger partial charge < -0.3 is 33.2 Å². The summed E-state index contributed by atoms with van der Waals surface area (Å²) in [6, 6.07) is 19.9. The van der Waals surface area contributed by atoms with E-state index < -0.39 is 5.72 Å². The third-order valence-electron chi connectivity index (χ3n) is 11.0. The van der Waals surface area contributed by atoms with Gasteiger partial charge in [-0.05, 0) is 93.0 Å². The van der Waals surface area contributed by atoms with Crippen LogP contribution in [0.5, 0.6) is 17.2 Å². The number of hydrogen-bond donors (Lipinski definition) is 0. The molecule has 5 aliphatic rings. The Morgan fingerprint density at radius 3 is 2.61 bits per heavy atom. The first-order valence-electron chi connectivity index (χ1n) is 18.5. The van der Waals surface area contributed by atoms with Gasteiger partial charge in [0, 0.05) is 25.8 Å². The molecule has 4 fully saturated rings. The largest absolute Gasteiger partial charge is 0.487 e. The van der Waals surface area contributed by atoms with Crippen LogP contribution >= 0.6 is 0 Å². The highest BCUT2D eigenvalue weighted by molar-refractivity contribution is 5.70. The molecular weight excluding hydrogens is 650 g/mol. The number of amides is 1. The van der Waals surface area contributed by atoms with E-state index in [4.69, 9.17) is 33.2 Å². The van der Waals surface area contributed by atoms with Gasteiger partial charge in [0.05, 0.1) is 37.0 Å². The number of carbonyl (C=O) groups excluding carboxylic acids is 1.